The van der Waals surface area contributed by atoms with E-state index >= 15 is 0 Å². The summed E-state index contributed by atoms with van der Waals surface area (Å²) < 4.78 is 0. The molecule has 3 atom stereocenters. The Morgan fingerprint density at radius 2 is 1.92 bits per heavy atom. The molecule has 0 N–H and O–H groups in total. The van der Waals surface area contributed by atoms with E-state index in [0.29, 0.717) is 7.92 Å². The highest BCUT2D eigenvalue weighted by atomic mass is 31.1. The minimum atomic E-state index is 0.377. The van der Waals surface area contributed by atoms with Crippen LogP contribution < -0.4 is 0 Å². The van der Waals surface area contributed by atoms with Gasteiger partial charge in [-0.25, -0.2) is 0 Å². The molecule has 1 fully saturated rings. The van der Waals surface area contributed by atoms with E-state index in [4.69, 9.17) is 0 Å². The lowest BCUT2D eigenvalue weighted by atomic mass is 10.1. The van der Waals surface area contributed by atoms with Crippen molar-refractivity contribution in [2.24, 2.45) is 11.8 Å². The van der Waals surface area contributed by atoms with Crippen LogP contribution in [0.1, 0.15) is 26.7 Å². The van der Waals surface area contributed by atoms with E-state index in [2.05, 4.69) is 26.0 Å². The fourth-order valence-electron chi connectivity index (χ4n) is 2.86. The molecule has 0 aromatic heterocycles. The first-order valence-corrected chi connectivity index (χ1v) is 7.05. The van der Waals surface area contributed by atoms with Crippen LogP contribution in [-0.2, 0) is 0 Å². The number of allylic oxidation sites excluding steroid dienone is 2. The molecule has 0 amide bonds. The molecular weight excluding hydrogens is 163 g/mol. The summed E-state index contributed by atoms with van der Waals surface area (Å²) in [4.78, 5) is 0. The average Bonchev–Trinajstić information content (AvgIpc) is 2.67. The molecule has 0 spiro atoms. The van der Waals surface area contributed by atoms with Crippen molar-refractivity contribution >= 4 is 7.92 Å². The third-order valence-corrected chi connectivity index (χ3v) is 6.68. The van der Waals surface area contributed by atoms with Crippen molar-refractivity contribution < 1.29 is 0 Å². The monoisotopic (exact) mass is 182 g/mol. The number of hydrogen-bond acceptors (Lipinski definition) is 0. The van der Waals surface area contributed by atoms with Crippen LogP contribution in [-0.4, -0.2) is 18.0 Å². The minimum Gasteiger partial charge on any atom is -0.103 e. The molecule has 1 saturated carbocycles. The quantitative estimate of drug-likeness (QED) is 0.463. The second-order valence-electron chi connectivity index (χ2n) is 4.07. The van der Waals surface area contributed by atoms with Gasteiger partial charge in [-0.15, -0.1) is 7.92 Å². The first-order valence-electron chi connectivity index (χ1n) is 5.27. The van der Waals surface area contributed by atoms with E-state index in [1.807, 2.05) is 0 Å². The van der Waals surface area contributed by atoms with Gasteiger partial charge in [0.2, 0.25) is 0 Å². The molecule has 2 rings (SSSR count). The zero-order valence-corrected chi connectivity index (χ0v) is 9.06. The maximum atomic E-state index is 2.50. The third-order valence-electron chi connectivity index (χ3n) is 3.53. The van der Waals surface area contributed by atoms with Crippen LogP contribution in [0.2, 0.25) is 0 Å². The lowest BCUT2D eigenvalue weighted by Gasteiger charge is -2.27. The standard InChI is InChI=1S/C11H19P/c1-3-12(4-2)11-8-9-5-6-10(11)7-9/h5-6,9-11H,3-4,7-8H2,1-2H3. The van der Waals surface area contributed by atoms with Gasteiger partial charge < -0.3 is 0 Å². The Hall–Kier alpha value is 0.170. The zero-order valence-electron chi connectivity index (χ0n) is 8.16. The zero-order chi connectivity index (χ0) is 8.55. The van der Waals surface area contributed by atoms with Gasteiger partial charge in [0.25, 0.3) is 0 Å². The topological polar surface area (TPSA) is 0 Å². The number of fused-ring (bicyclic) bond motifs is 2. The van der Waals surface area contributed by atoms with Crippen LogP contribution in [0.4, 0.5) is 0 Å². The van der Waals surface area contributed by atoms with Gasteiger partial charge in [-0.05, 0) is 42.7 Å². The Kier molecular flexibility index (Phi) is 2.55. The fourth-order valence-corrected chi connectivity index (χ4v) is 5.58. The lowest BCUT2D eigenvalue weighted by Crippen LogP contribution is -2.13. The van der Waals surface area contributed by atoms with Crippen LogP contribution in [0, 0.1) is 11.8 Å². The Morgan fingerprint density at radius 3 is 2.33 bits per heavy atom. The highest BCUT2D eigenvalue weighted by Gasteiger charge is 2.38. The van der Waals surface area contributed by atoms with Gasteiger partial charge in [-0.3, -0.25) is 0 Å². The van der Waals surface area contributed by atoms with Gasteiger partial charge in [0.1, 0.15) is 0 Å². The van der Waals surface area contributed by atoms with Crippen LogP contribution in [0.5, 0.6) is 0 Å². The minimum absolute atomic E-state index is 0.377. The smallest absolute Gasteiger partial charge is 0.0141 e. The maximum absolute atomic E-state index is 2.50. The van der Waals surface area contributed by atoms with Crippen molar-refractivity contribution in [2.75, 3.05) is 12.3 Å². The fraction of sp³-hybridized carbons (Fsp3) is 0.818. The molecule has 0 aliphatic heterocycles. The second-order valence-corrected chi connectivity index (χ2v) is 7.17. The summed E-state index contributed by atoms with van der Waals surface area (Å²) in [5, 5.41) is 0. The van der Waals surface area contributed by atoms with Gasteiger partial charge in [0.05, 0.1) is 0 Å². The Bertz CT molecular complexity index is 181. The van der Waals surface area contributed by atoms with Gasteiger partial charge in [0, 0.05) is 0 Å². The van der Waals surface area contributed by atoms with Crippen molar-refractivity contribution in [1.82, 2.24) is 0 Å². The molecule has 2 bridgehead atoms. The largest absolute Gasteiger partial charge is 0.103 e. The molecule has 0 radical (unpaired) electrons. The Balaban J connectivity index is 2.01. The van der Waals surface area contributed by atoms with Crippen molar-refractivity contribution in [1.29, 1.82) is 0 Å². The Labute approximate surface area is 77.2 Å². The van der Waals surface area contributed by atoms with Crippen LogP contribution >= 0.6 is 7.92 Å². The van der Waals surface area contributed by atoms with E-state index in [9.17, 15) is 0 Å². The van der Waals surface area contributed by atoms with Gasteiger partial charge >= 0.3 is 0 Å². The maximum Gasteiger partial charge on any atom is -0.0141 e. The summed E-state index contributed by atoms with van der Waals surface area (Å²) in [6.45, 7) is 4.76. The summed E-state index contributed by atoms with van der Waals surface area (Å²) in [6.07, 6.45) is 10.9. The number of rotatable bonds is 3. The van der Waals surface area contributed by atoms with Crippen LogP contribution in [0.15, 0.2) is 12.2 Å². The van der Waals surface area contributed by atoms with E-state index in [1.165, 1.54) is 25.2 Å². The molecule has 68 valence electrons. The highest BCUT2D eigenvalue weighted by molar-refractivity contribution is 7.58. The molecule has 1 heteroatoms. The average molecular weight is 182 g/mol. The summed E-state index contributed by atoms with van der Waals surface area (Å²) in [6, 6.07) is 0. The third kappa shape index (κ3) is 1.35. The van der Waals surface area contributed by atoms with Crippen LogP contribution in [0.3, 0.4) is 0 Å². The van der Waals surface area contributed by atoms with E-state index in [-0.39, 0.29) is 0 Å². The summed E-state index contributed by atoms with van der Waals surface area (Å²) in [5.41, 5.74) is 1.10. The molecular formula is C11H19P. The van der Waals surface area contributed by atoms with Crippen molar-refractivity contribution in [3.63, 3.8) is 0 Å². The normalized spacial score (nSPS) is 38.4. The van der Waals surface area contributed by atoms with Gasteiger partial charge in [-0.2, -0.15) is 0 Å². The summed E-state index contributed by atoms with van der Waals surface area (Å²) >= 11 is 0. The van der Waals surface area contributed by atoms with Crippen molar-refractivity contribution in [3.8, 4) is 0 Å². The first-order chi connectivity index (χ1) is 5.85. The SMILES string of the molecule is CCP(CC)C1CC2C=CC1C2. The van der Waals surface area contributed by atoms with Crippen molar-refractivity contribution in [2.45, 2.75) is 32.3 Å². The van der Waals surface area contributed by atoms with Gasteiger partial charge in [-0.1, -0.05) is 26.0 Å². The van der Waals surface area contributed by atoms with E-state index in [1.54, 1.807) is 0 Å². The molecule has 0 heterocycles. The highest BCUT2D eigenvalue weighted by Crippen LogP contribution is 2.55. The summed E-state index contributed by atoms with van der Waals surface area (Å²) in [7, 11) is 0.377. The first kappa shape index (κ1) is 8.75. The molecule has 0 aromatic carbocycles. The predicted molar refractivity (Wildman–Crippen MR) is 57.1 cm³/mol. The molecule has 12 heavy (non-hydrogen) atoms. The van der Waals surface area contributed by atoms with Crippen molar-refractivity contribution in [3.05, 3.63) is 12.2 Å². The van der Waals surface area contributed by atoms with E-state index < -0.39 is 0 Å². The second kappa shape index (κ2) is 3.50. The van der Waals surface area contributed by atoms with E-state index in [0.717, 1.165) is 17.5 Å². The van der Waals surface area contributed by atoms with Gasteiger partial charge in [0.15, 0.2) is 0 Å². The lowest BCUT2D eigenvalue weighted by molar-refractivity contribution is 0.692. The predicted octanol–water partition coefficient (Wildman–Crippen LogP) is 3.47. The molecule has 2 aliphatic rings. The molecule has 0 saturated heterocycles. The molecule has 0 aromatic rings. The molecule has 0 nitrogen and oxygen atoms in total. The van der Waals surface area contributed by atoms with Crippen LogP contribution in [0.25, 0.3) is 0 Å². The summed E-state index contributed by atoms with van der Waals surface area (Å²) in [5.74, 6) is 1.96. The number of hydrogen-bond donors (Lipinski definition) is 0. The Morgan fingerprint density at radius 1 is 1.17 bits per heavy atom. The molecule has 3 unspecified atom stereocenters. The molecule has 2 aliphatic carbocycles.